The highest BCUT2D eigenvalue weighted by atomic mass is 127. The molecule has 4 heterocycles. The normalized spacial score (nSPS) is 13.1. The van der Waals surface area contributed by atoms with Crippen molar-refractivity contribution in [3.05, 3.63) is 291 Å². The summed E-state index contributed by atoms with van der Waals surface area (Å²) in [6.07, 6.45) is -1.19. The fraction of sp³-hybridized carbons (Fsp3) is 0.191. The molecule has 0 radical (unpaired) electrons. The van der Waals surface area contributed by atoms with Crippen molar-refractivity contribution in [3.8, 4) is 42.6 Å². The lowest BCUT2D eigenvalue weighted by molar-refractivity contribution is -0.168. The number of carbonyl (C=O) groups excluding carboxylic acids is 4. The summed E-state index contributed by atoms with van der Waals surface area (Å²) in [5.41, 5.74) is 0. The Morgan fingerprint density at radius 1 is 0.289 bits per heavy atom. The van der Waals surface area contributed by atoms with Gasteiger partial charge in [-0.15, -0.1) is 0 Å². The maximum absolute atomic E-state index is 12.0. The van der Waals surface area contributed by atoms with E-state index in [-0.39, 0.29) is 94.2 Å². The highest BCUT2D eigenvalue weighted by Gasteiger charge is 2.30. The van der Waals surface area contributed by atoms with Gasteiger partial charge in [-0.25, -0.2) is 0 Å². The van der Waals surface area contributed by atoms with Gasteiger partial charge < -0.3 is 37.9 Å². The van der Waals surface area contributed by atoms with Crippen LogP contribution in [-0.2, 0) is 38.1 Å². The Hall–Kier alpha value is -8.48. The number of carbonyl (C=O) groups is 4. The number of fused-ring (bicyclic) bond motifs is 12. The van der Waals surface area contributed by atoms with E-state index in [0.717, 1.165) is 0 Å². The molecule has 0 N–H and O–H groups in total. The Kier molecular flexibility index (Phi) is 28.5. The van der Waals surface area contributed by atoms with E-state index >= 15 is 0 Å². The number of ether oxygens (including phenoxy) is 8. The van der Waals surface area contributed by atoms with Crippen LogP contribution in [0.1, 0.15) is 61.8 Å². The summed E-state index contributed by atoms with van der Waals surface area (Å²) in [4.78, 5) is 52.0. The molecule has 0 saturated heterocycles. The Labute approximate surface area is 728 Å². The van der Waals surface area contributed by atoms with E-state index in [1.165, 1.54) is 100 Å². The van der Waals surface area contributed by atoms with Gasteiger partial charge in [0.25, 0.3) is 0 Å². The summed E-state index contributed by atoms with van der Waals surface area (Å²) in [5.74, 6) is 1.79. The quantitative estimate of drug-likeness (QED) is 0.0159. The molecule has 0 amide bonds. The van der Waals surface area contributed by atoms with Crippen LogP contribution in [0.25, 0.3) is 100 Å². The topological polar surface area (TPSA) is 142 Å². The third kappa shape index (κ3) is 19.6. The number of thiophene rings is 4. The molecule has 4 aromatic heterocycles. The van der Waals surface area contributed by atoms with E-state index in [1.807, 2.05) is 151 Å². The third-order valence-electron chi connectivity index (χ3n) is 18.4. The third-order valence-corrected chi connectivity index (χ3v) is 29.8. The standard InChI is InChI=1S/C25H24IO3S.C24H22IO3S.C23H20IO3S.C22H18IO3S/c1-16(2)25(29-24(27)17(3)26)28-18-12-14-19(15-13-18)30-22-10-6-4-8-20(22)21-9-5-7-11-23(21)30;1-3-23(28-24(26)16(2)25)27-17-12-14-18(15-13-17)29-21-10-6-4-8-19(21)20-9-5-7-11-22(20)29;1-15(24)23(25)27-16(2)26-17-11-13-18(14-12-17)28-21-9-5-3-7-19(21)20-8-4-6-10-22(20)28;1-15(23)22(24)26-14-25-16-10-12-17(13-11-16)27-20-8-4-2-6-18(20)19-7-3-5-9-21(19)27/h4-17,25H,1-3H3;4-16,23H,3H2,1-2H3;3-16H,1-2H3;2-13,15H,14H2,1H3/q4*+1. The molecule has 580 valence electrons. The molecule has 0 spiro atoms. The molecule has 0 saturated carbocycles. The van der Waals surface area contributed by atoms with E-state index in [4.69, 9.17) is 37.9 Å². The van der Waals surface area contributed by atoms with Crippen molar-refractivity contribution < 1.29 is 57.1 Å². The minimum atomic E-state index is -0.619. The molecule has 0 fully saturated rings. The summed E-state index contributed by atoms with van der Waals surface area (Å²) in [5, 5.41) is 10.5. The van der Waals surface area contributed by atoms with Crippen LogP contribution in [0.4, 0.5) is 0 Å². The van der Waals surface area contributed by atoms with Crippen molar-refractivity contribution in [2.45, 2.75) is 96.4 Å². The zero-order valence-electron chi connectivity index (χ0n) is 63.8. The largest absolute Gasteiger partial charge is 0.457 e. The highest BCUT2D eigenvalue weighted by Crippen LogP contribution is 2.53. The number of halogens is 4. The number of esters is 4. The maximum atomic E-state index is 12.0. The molecule has 12 nitrogen and oxygen atoms in total. The minimum absolute atomic E-state index is 0.0548. The molecule has 16 aromatic rings. The van der Waals surface area contributed by atoms with E-state index < -0.39 is 18.9 Å². The molecule has 16 rings (SSSR count). The monoisotopic (exact) mass is 2040 g/mol. The first-order valence-corrected chi connectivity index (χ1v) is 47.2. The van der Waals surface area contributed by atoms with Crippen molar-refractivity contribution in [2.24, 2.45) is 5.92 Å². The molecule has 0 aliphatic rings. The molecule has 114 heavy (non-hydrogen) atoms. The van der Waals surface area contributed by atoms with Gasteiger partial charge in [0.2, 0.25) is 25.7 Å². The van der Waals surface area contributed by atoms with Gasteiger partial charge in [0, 0.05) is 153 Å². The van der Waals surface area contributed by atoms with Gasteiger partial charge in [0.05, 0.1) is 0 Å². The van der Waals surface area contributed by atoms with Gasteiger partial charge in [-0.1, -0.05) is 208 Å². The van der Waals surface area contributed by atoms with Gasteiger partial charge in [-0.2, -0.15) is 0 Å². The lowest BCUT2D eigenvalue weighted by Crippen LogP contribution is -2.31. The predicted octanol–water partition coefficient (Wildman–Crippen LogP) is 27.9. The van der Waals surface area contributed by atoms with Crippen molar-refractivity contribution in [1.82, 2.24) is 0 Å². The van der Waals surface area contributed by atoms with E-state index in [1.54, 1.807) is 20.8 Å². The van der Waals surface area contributed by atoms with Gasteiger partial charge in [0.15, 0.2) is 57.2 Å². The summed E-state index contributed by atoms with van der Waals surface area (Å²) < 4.78 is 54.6. The first-order chi connectivity index (χ1) is 55.2. The number of alkyl halides is 4. The Bertz CT molecular complexity index is 5820. The van der Waals surface area contributed by atoms with E-state index in [2.05, 4.69) is 265 Å². The first kappa shape index (κ1) is 83.5. The summed E-state index contributed by atoms with van der Waals surface area (Å²) in [6, 6.07) is 102. The summed E-state index contributed by atoms with van der Waals surface area (Å²) in [6.45, 7) is 14.8. The van der Waals surface area contributed by atoms with Crippen LogP contribution in [-0.4, -0.2) is 65.2 Å². The second-order valence-electron chi connectivity index (χ2n) is 27.0. The average molecular weight is 2040 g/mol. The lowest BCUT2D eigenvalue weighted by Gasteiger charge is -2.23. The number of benzene rings is 12. The zero-order valence-corrected chi connectivity index (χ0v) is 75.7. The van der Waals surface area contributed by atoms with Crippen molar-refractivity contribution in [1.29, 1.82) is 0 Å². The van der Waals surface area contributed by atoms with Crippen molar-refractivity contribution in [2.75, 3.05) is 6.79 Å². The van der Waals surface area contributed by atoms with Gasteiger partial charge in [-0.05, 0) is 173 Å². The van der Waals surface area contributed by atoms with Crippen LogP contribution >= 0.6 is 132 Å². The zero-order chi connectivity index (χ0) is 80.1. The summed E-state index contributed by atoms with van der Waals surface area (Å²) in [7, 11) is -0.477. The molecular weight excluding hydrogens is 1960 g/mol. The second-order valence-corrected chi connectivity index (χ2v) is 42.3. The number of rotatable bonds is 22. The smallest absolute Gasteiger partial charge is 0.321 e. The molecule has 0 bridgehead atoms. The van der Waals surface area contributed by atoms with Crippen LogP contribution < -0.4 is 18.9 Å². The fourth-order valence-corrected chi connectivity index (χ4v) is 23.1. The van der Waals surface area contributed by atoms with Crippen LogP contribution in [0.15, 0.2) is 291 Å². The van der Waals surface area contributed by atoms with Gasteiger partial charge >= 0.3 is 23.9 Å². The van der Waals surface area contributed by atoms with Crippen LogP contribution in [0.2, 0.25) is 0 Å². The Balaban J connectivity index is 0.000000133. The van der Waals surface area contributed by atoms with Gasteiger partial charge in [0.1, 0.15) is 38.7 Å². The predicted molar refractivity (Wildman–Crippen MR) is 509 cm³/mol. The second kappa shape index (κ2) is 39.0. The SMILES string of the molecule is CC(I)C(=O)OC(Oc1ccc(-[s+]2c3ccccc3c3ccccc32)cc1)C(C)C.CC(I)C(=O)OCOc1ccc(-[s+]2c3ccccc3c3ccccc32)cc1.CC(OC(=O)C(C)I)Oc1ccc(-[s+]2c3ccccc3c3ccccc32)cc1.CCC(OC(=O)C(C)I)Oc1ccc(-[s+]2c3ccccc3c3ccccc32)cc1. The molecule has 7 unspecified atom stereocenters. The Morgan fingerprint density at radius 2 is 0.535 bits per heavy atom. The van der Waals surface area contributed by atoms with Crippen molar-refractivity contribution >= 4 is 237 Å². The van der Waals surface area contributed by atoms with Crippen molar-refractivity contribution in [3.63, 3.8) is 0 Å². The van der Waals surface area contributed by atoms with E-state index in [9.17, 15) is 19.2 Å². The molecule has 12 aromatic carbocycles. The van der Waals surface area contributed by atoms with Crippen LogP contribution in [0.3, 0.4) is 0 Å². The number of hydrogen-bond acceptors (Lipinski definition) is 12. The molecule has 0 aliphatic heterocycles. The van der Waals surface area contributed by atoms with E-state index in [0.29, 0.717) is 29.4 Å². The molecule has 20 heteroatoms. The highest BCUT2D eigenvalue weighted by molar-refractivity contribution is 14.1. The van der Waals surface area contributed by atoms with Gasteiger partial charge in [-0.3, -0.25) is 19.2 Å². The maximum Gasteiger partial charge on any atom is 0.321 e. The molecule has 0 aliphatic carbocycles. The summed E-state index contributed by atoms with van der Waals surface area (Å²) >= 11 is 8.15. The average Bonchev–Trinajstić information content (AvgIpc) is 1.62. The first-order valence-electron chi connectivity index (χ1n) is 37.3. The number of hydrogen-bond donors (Lipinski definition) is 0. The van der Waals surface area contributed by atoms with Crippen LogP contribution in [0, 0.1) is 5.92 Å². The Morgan fingerprint density at radius 3 is 0.807 bits per heavy atom. The van der Waals surface area contributed by atoms with Crippen LogP contribution in [0.5, 0.6) is 23.0 Å². The molecular formula is C94H84I4O12S4+4. The lowest BCUT2D eigenvalue weighted by atomic mass is 10.2. The minimum Gasteiger partial charge on any atom is -0.457 e. The fourth-order valence-electron chi connectivity index (χ4n) is 13.0. The molecule has 7 atom stereocenters.